The normalized spacial score (nSPS) is 17.2. The molecule has 3 nitrogen and oxygen atoms in total. The maximum Gasteiger partial charge on any atom is 0.147 e. The average molecular weight is 642 g/mol. The summed E-state index contributed by atoms with van der Waals surface area (Å²) in [7, 11) is 0. The second kappa shape index (κ2) is 12.9. The van der Waals surface area contributed by atoms with Crippen LogP contribution in [0.5, 0.6) is 0 Å². The molecule has 6 aromatic carbocycles. The van der Waals surface area contributed by atoms with E-state index in [0.717, 1.165) is 56.7 Å². The van der Waals surface area contributed by atoms with E-state index in [2.05, 4.69) is 187 Å². The molecule has 0 saturated heterocycles. The number of rotatable bonds is 6. The van der Waals surface area contributed by atoms with Crippen molar-refractivity contribution in [3.8, 4) is 22.4 Å². The third-order valence-electron chi connectivity index (χ3n) is 9.84. The van der Waals surface area contributed by atoms with Crippen molar-refractivity contribution in [1.82, 2.24) is 10.3 Å². The smallest absolute Gasteiger partial charge is 0.147 e. The number of hydrogen-bond donors (Lipinski definition) is 1. The lowest BCUT2D eigenvalue weighted by molar-refractivity contribution is 0.564. The van der Waals surface area contributed by atoms with Crippen LogP contribution in [0.2, 0.25) is 0 Å². The van der Waals surface area contributed by atoms with Crippen LogP contribution in [0.3, 0.4) is 0 Å². The minimum Gasteiger partial charge on any atom is -0.363 e. The van der Waals surface area contributed by atoms with Crippen LogP contribution in [0, 0.1) is 5.92 Å². The van der Waals surface area contributed by atoms with Gasteiger partial charge in [0.25, 0.3) is 0 Å². The second-order valence-electron chi connectivity index (χ2n) is 13.0. The summed E-state index contributed by atoms with van der Waals surface area (Å²) in [5.41, 5.74) is 12.2. The van der Waals surface area contributed by atoms with Crippen molar-refractivity contribution in [1.29, 1.82) is 0 Å². The van der Waals surface area contributed by atoms with Gasteiger partial charge in [0.1, 0.15) is 6.17 Å². The number of aromatic nitrogens is 1. The van der Waals surface area contributed by atoms with Crippen molar-refractivity contribution in [2.24, 2.45) is 10.9 Å². The summed E-state index contributed by atoms with van der Waals surface area (Å²) in [5.74, 6) is 0.173. The molecular weight excluding hydrogens is 607 g/mol. The summed E-state index contributed by atoms with van der Waals surface area (Å²) < 4.78 is 0. The fourth-order valence-electron chi connectivity index (χ4n) is 7.37. The first-order valence-corrected chi connectivity index (χ1v) is 17.3. The Morgan fingerprint density at radius 3 is 1.94 bits per heavy atom. The van der Waals surface area contributed by atoms with E-state index < -0.39 is 0 Å². The third kappa shape index (κ3) is 5.63. The van der Waals surface area contributed by atoms with Crippen LogP contribution in [0.1, 0.15) is 29.3 Å². The number of hydrogen-bond acceptors (Lipinski definition) is 3. The van der Waals surface area contributed by atoms with Gasteiger partial charge >= 0.3 is 0 Å². The molecule has 0 bridgehead atoms. The van der Waals surface area contributed by atoms with Gasteiger partial charge in [0.05, 0.1) is 16.9 Å². The molecule has 1 N–H and O–H groups in total. The van der Waals surface area contributed by atoms with E-state index in [-0.39, 0.29) is 12.1 Å². The molecule has 2 heterocycles. The Morgan fingerprint density at radius 1 is 0.600 bits per heavy atom. The van der Waals surface area contributed by atoms with Crippen molar-refractivity contribution < 1.29 is 0 Å². The highest BCUT2D eigenvalue weighted by Gasteiger charge is 2.27. The Labute approximate surface area is 292 Å². The van der Waals surface area contributed by atoms with Crippen molar-refractivity contribution in [3.63, 3.8) is 0 Å². The van der Waals surface area contributed by atoms with Gasteiger partial charge in [0, 0.05) is 28.1 Å². The highest BCUT2D eigenvalue weighted by Crippen LogP contribution is 2.41. The number of allylic oxidation sites excluding steroid dienone is 5. The Morgan fingerprint density at radius 2 is 1.22 bits per heavy atom. The van der Waals surface area contributed by atoms with Crippen LogP contribution >= 0.6 is 0 Å². The van der Waals surface area contributed by atoms with E-state index in [1.165, 1.54) is 27.5 Å². The lowest BCUT2D eigenvalue weighted by Gasteiger charge is -2.30. The first-order chi connectivity index (χ1) is 24.8. The molecule has 2 atom stereocenters. The number of fused-ring (bicyclic) bond motifs is 3. The summed E-state index contributed by atoms with van der Waals surface area (Å²) in [6.07, 6.45) is 9.56. The minimum absolute atomic E-state index is 0.173. The first-order valence-electron chi connectivity index (χ1n) is 17.3. The topological polar surface area (TPSA) is 37.3 Å². The van der Waals surface area contributed by atoms with Gasteiger partial charge in [0.15, 0.2) is 0 Å². The van der Waals surface area contributed by atoms with Crippen LogP contribution in [-0.4, -0.2) is 10.7 Å². The van der Waals surface area contributed by atoms with E-state index in [9.17, 15) is 0 Å². The summed E-state index contributed by atoms with van der Waals surface area (Å²) in [6.45, 7) is 0. The molecule has 2 aliphatic rings. The van der Waals surface area contributed by atoms with Crippen LogP contribution in [0.15, 0.2) is 193 Å². The van der Waals surface area contributed by atoms with E-state index in [4.69, 9.17) is 9.98 Å². The van der Waals surface area contributed by atoms with Crippen LogP contribution in [0.4, 0.5) is 0 Å². The molecule has 2 unspecified atom stereocenters. The fraction of sp³-hybridized carbons (Fsp3) is 0.0638. The molecule has 9 rings (SSSR count). The van der Waals surface area contributed by atoms with E-state index in [1.807, 2.05) is 0 Å². The molecule has 0 radical (unpaired) electrons. The zero-order valence-corrected chi connectivity index (χ0v) is 27.6. The van der Waals surface area contributed by atoms with E-state index in [1.54, 1.807) is 0 Å². The summed E-state index contributed by atoms with van der Waals surface area (Å²) in [4.78, 5) is 10.9. The van der Waals surface area contributed by atoms with Gasteiger partial charge in [-0.25, -0.2) is 4.98 Å². The second-order valence-corrected chi connectivity index (χ2v) is 13.0. The highest BCUT2D eigenvalue weighted by molar-refractivity contribution is 6.15. The quantitative estimate of drug-likeness (QED) is 0.184. The van der Waals surface area contributed by atoms with Gasteiger partial charge in [-0.15, -0.1) is 0 Å². The number of nitrogens with one attached hydrogen (secondary N) is 1. The largest absolute Gasteiger partial charge is 0.363 e. The van der Waals surface area contributed by atoms with Crippen LogP contribution < -0.4 is 5.32 Å². The maximum absolute atomic E-state index is 5.49. The number of pyridine rings is 1. The van der Waals surface area contributed by atoms with Gasteiger partial charge in [0.2, 0.25) is 0 Å². The first kappa shape index (κ1) is 29.8. The molecule has 0 saturated carbocycles. The molecule has 50 heavy (non-hydrogen) atoms. The Bertz CT molecular complexity index is 2460. The van der Waals surface area contributed by atoms with Crippen molar-refractivity contribution in [2.75, 3.05) is 0 Å². The molecule has 7 aromatic rings. The predicted molar refractivity (Wildman–Crippen MR) is 209 cm³/mol. The number of nitrogens with zero attached hydrogens (tertiary/aromatic N) is 2. The highest BCUT2D eigenvalue weighted by atomic mass is 15.1. The standard InChI is InChI=1S/C47H35N3/c1-5-16-32(17-6-1)36-25-15-26-38(28-36)44-31-43(35-22-11-4-12-23-35)49-47(50-44)41-29-37-24-13-14-27-39(37)45-40(33-18-7-2-8-19-33)30-42(48-46(41)45)34-20-9-3-10-21-34/h1-27,29-31,38,47,50H,28H2. The van der Waals surface area contributed by atoms with E-state index >= 15 is 0 Å². The molecule has 0 amide bonds. The Balaban J connectivity index is 1.25. The SMILES string of the molecule is C1=CC(C2=CC(c3ccccc3)=NC(c3cc4ccccc4c4c(-c5ccccc5)cc(-c5ccccc5)nc34)N2)CC(c2ccccc2)=C1. The Hall–Kier alpha value is -6.32. The number of benzene rings is 6. The zero-order chi connectivity index (χ0) is 33.3. The van der Waals surface area contributed by atoms with Gasteiger partial charge in [-0.3, -0.25) is 4.99 Å². The van der Waals surface area contributed by atoms with Crippen molar-refractivity contribution in [3.05, 3.63) is 204 Å². The monoisotopic (exact) mass is 641 g/mol. The summed E-state index contributed by atoms with van der Waals surface area (Å²) in [5, 5.41) is 7.44. The molecule has 238 valence electrons. The third-order valence-corrected chi connectivity index (χ3v) is 9.84. The molecular formula is C47H35N3. The van der Waals surface area contributed by atoms with Gasteiger partial charge in [-0.05, 0) is 63.2 Å². The number of aliphatic imine (C=N–C) groups is 1. The molecule has 3 heteroatoms. The van der Waals surface area contributed by atoms with Gasteiger partial charge in [-0.1, -0.05) is 164 Å². The van der Waals surface area contributed by atoms with Crippen molar-refractivity contribution in [2.45, 2.75) is 12.6 Å². The minimum atomic E-state index is -0.348. The maximum atomic E-state index is 5.49. The fourth-order valence-corrected chi connectivity index (χ4v) is 7.37. The zero-order valence-electron chi connectivity index (χ0n) is 27.6. The predicted octanol–water partition coefficient (Wildman–Crippen LogP) is 11.4. The van der Waals surface area contributed by atoms with Crippen LogP contribution in [0.25, 0.3) is 49.6 Å². The molecule has 1 aliphatic heterocycles. The molecule has 0 fully saturated rings. The lowest BCUT2D eigenvalue weighted by atomic mass is 9.86. The van der Waals surface area contributed by atoms with Gasteiger partial charge in [-0.2, -0.15) is 0 Å². The van der Waals surface area contributed by atoms with E-state index in [0.29, 0.717) is 0 Å². The molecule has 1 aromatic heterocycles. The average Bonchev–Trinajstić information content (AvgIpc) is 3.21. The molecule has 1 aliphatic carbocycles. The Kier molecular flexibility index (Phi) is 7.71. The van der Waals surface area contributed by atoms with Crippen LogP contribution in [-0.2, 0) is 0 Å². The van der Waals surface area contributed by atoms with Crippen molar-refractivity contribution >= 4 is 33.0 Å². The summed E-state index contributed by atoms with van der Waals surface area (Å²) >= 11 is 0. The lowest BCUT2D eigenvalue weighted by Crippen LogP contribution is -2.30. The van der Waals surface area contributed by atoms with Gasteiger partial charge < -0.3 is 5.32 Å². The summed E-state index contributed by atoms with van der Waals surface area (Å²) in [6, 6.07) is 55.7. The molecule has 0 spiro atoms.